The van der Waals surface area contributed by atoms with E-state index in [0.29, 0.717) is 21.7 Å². The van der Waals surface area contributed by atoms with Gasteiger partial charge in [-0.2, -0.15) is 0 Å². The van der Waals surface area contributed by atoms with Crippen molar-refractivity contribution < 1.29 is 9.59 Å². The van der Waals surface area contributed by atoms with Crippen LogP contribution in [0.3, 0.4) is 0 Å². The topological polar surface area (TPSA) is 58.2 Å². The van der Waals surface area contributed by atoms with Gasteiger partial charge in [0.05, 0.1) is 10.6 Å². The highest BCUT2D eigenvalue weighted by atomic mass is 35.5. The number of carbonyl (C=O) groups excluding carboxylic acids is 2. The first-order valence-electron chi connectivity index (χ1n) is 9.19. The SMILES string of the molecule is CC.O=C(c1ccccc1)c1ccc(C2NC(=O)c3ccccc3N2)cc1Cl. The number of para-hydroxylation sites is 1. The molecule has 2 N–H and O–H groups in total. The van der Waals surface area contributed by atoms with E-state index < -0.39 is 6.17 Å². The molecule has 0 bridgehead atoms. The molecule has 5 heteroatoms. The largest absolute Gasteiger partial charge is 0.361 e. The van der Waals surface area contributed by atoms with Gasteiger partial charge in [0.1, 0.15) is 6.17 Å². The minimum absolute atomic E-state index is 0.131. The summed E-state index contributed by atoms with van der Waals surface area (Å²) in [5.74, 6) is -0.280. The number of rotatable bonds is 3. The highest BCUT2D eigenvalue weighted by Crippen LogP contribution is 2.29. The molecule has 1 amide bonds. The van der Waals surface area contributed by atoms with Gasteiger partial charge in [-0.25, -0.2) is 0 Å². The van der Waals surface area contributed by atoms with Crippen molar-refractivity contribution in [2.45, 2.75) is 20.0 Å². The van der Waals surface area contributed by atoms with E-state index in [1.54, 1.807) is 36.4 Å². The van der Waals surface area contributed by atoms with Gasteiger partial charge in [-0.1, -0.05) is 74.0 Å². The number of benzene rings is 3. The Hall–Kier alpha value is -3.11. The van der Waals surface area contributed by atoms with Crippen molar-refractivity contribution in [1.29, 1.82) is 0 Å². The van der Waals surface area contributed by atoms with Crippen LogP contribution in [0.25, 0.3) is 0 Å². The van der Waals surface area contributed by atoms with E-state index >= 15 is 0 Å². The van der Waals surface area contributed by atoms with E-state index in [9.17, 15) is 9.59 Å². The first kappa shape index (κ1) is 19.6. The molecule has 1 heterocycles. The molecular weight excluding hydrogens is 372 g/mol. The van der Waals surface area contributed by atoms with Gasteiger partial charge in [-0.05, 0) is 29.8 Å². The molecule has 1 aliphatic heterocycles. The number of halogens is 1. The van der Waals surface area contributed by atoms with Crippen LogP contribution in [-0.4, -0.2) is 11.7 Å². The molecule has 1 aliphatic rings. The van der Waals surface area contributed by atoms with Gasteiger partial charge in [0.25, 0.3) is 5.91 Å². The fourth-order valence-corrected chi connectivity index (χ4v) is 3.29. The summed E-state index contributed by atoms with van der Waals surface area (Å²) in [7, 11) is 0. The van der Waals surface area contributed by atoms with E-state index in [1.807, 2.05) is 50.2 Å². The van der Waals surface area contributed by atoms with Crippen LogP contribution in [-0.2, 0) is 0 Å². The van der Waals surface area contributed by atoms with Crippen molar-refractivity contribution in [3.8, 4) is 0 Å². The lowest BCUT2D eigenvalue weighted by Crippen LogP contribution is -2.38. The molecule has 3 aromatic rings. The predicted molar refractivity (Wildman–Crippen MR) is 113 cm³/mol. The van der Waals surface area contributed by atoms with Crippen molar-refractivity contribution in [3.63, 3.8) is 0 Å². The molecular formula is C23H21ClN2O2. The lowest BCUT2D eigenvalue weighted by Gasteiger charge is -2.28. The first-order valence-corrected chi connectivity index (χ1v) is 9.57. The monoisotopic (exact) mass is 392 g/mol. The Balaban J connectivity index is 0.00000109. The molecule has 4 nitrogen and oxygen atoms in total. The predicted octanol–water partition coefficient (Wildman–Crippen LogP) is 5.45. The molecule has 1 unspecified atom stereocenters. The van der Waals surface area contributed by atoms with E-state index in [4.69, 9.17) is 11.6 Å². The minimum atomic E-state index is -0.407. The Bertz CT molecular complexity index is 1000. The number of amides is 1. The fraction of sp³-hybridized carbons (Fsp3) is 0.130. The van der Waals surface area contributed by atoms with Crippen molar-refractivity contribution in [2.24, 2.45) is 0 Å². The second kappa shape index (κ2) is 8.72. The second-order valence-corrected chi connectivity index (χ2v) is 6.44. The van der Waals surface area contributed by atoms with Gasteiger partial charge >= 0.3 is 0 Å². The van der Waals surface area contributed by atoms with Crippen molar-refractivity contribution in [2.75, 3.05) is 5.32 Å². The van der Waals surface area contributed by atoms with Crippen molar-refractivity contribution in [3.05, 3.63) is 100 Å². The highest BCUT2D eigenvalue weighted by Gasteiger charge is 2.25. The lowest BCUT2D eigenvalue weighted by atomic mass is 10.00. The fourth-order valence-electron chi connectivity index (χ4n) is 3.01. The van der Waals surface area contributed by atoms with Crippen LogP contribution in [0.2, 0.25) is 5.02 Å². The third-order valence-corrected chi connectivity index (χ3v) is 4.67. The average Bonchev–Trinajstić information content (AvgIpc) is 2.75. The Kier molecular flexibility index (Phi) is 6.12. The molecule has 0 aromatic heterocycles. The van der Waals surface area contributed by atoms with E-state index in [0.717, 1.165) is 11.3 Å². The van der Waals surface area contributed by atoms with Crippen LogP contribution in [0.15, 0.2) is 72.8 Å². The zero-order valence-electron chi connectivity index (χ0n) is 15.7. The van der Waals surface area contributed by atoms with Crippen molar-refractivity contribution in [1.82, 2.24) is 5.32 Å². The van der Waals surface area contributed by atoms with Crippen LogP contribution in [0, 0.1) is 0 Å². The Morgan fingerprint density at radius 3 is 2.29 bits per heavy atom. The number of hydrogen-bond acceptors (Lipinski definition) is 3. The first-order chi connectivity index (χ1) is 13.6. The minimum Gasteiger partial charge on any atom is -0.361 e. The number of ketones is 1. The number of carbonyl (C=O) groups is 2. The third kappa shape index (κ3) is 3.92. The summed E-state index contributed by atoms with van der Waals surface area (Å²) in [6, 6.07) is 21.5. The zero-order chi connectivity index (χ0) is 20.1. The van der Waals surface area contributed by atoms with Gasteiger partial charge in [0.2, 0.25) is 0 Å². The summed E-state index contributed by atoms with van der Waals surface area (Å²) >= 11 is 6.37. The van der Waals surface area contributed by atoms with Crippen LogP contribution in [0.4, 0.5) is 5.69 Å². The lowest BCUT2D eigenvalue weighted by molar-refractivity contribution is 0.0935. The molecule has 1 atom stereocenters. The molecule has 3 aromatic carbocycles. The summed E-state index contributed by atoms with van der Waals surface area (Å²) in [6.45, 7) is 4.00. The van der Waals surface area contributed by atoms with Gasteiger partial charge in [-0.15, -0.1) is 0 Å². The molecule has 0 saturated heterocycles. The molecule has 0 aliphatic carbocycles. The molecule has 142 valence electrons. The smallest absolute Gasteiger partial charge is 0.255 e. The molecule has 28 heavy (non-hydrogen) atoms. The molecule has 0 spiro atoms. The highest BCUT2D eigenvalue weighted by molar-refractivity contribution is 6.35. The van der Waals surface area contributed by atoms with Gasteiger partial charge in [-0.3, -0.25) is 9.59 Å². The Labute approximate surface area is 169 Å². The van der Waals surface area contributed by atoms with Crippen LogP contribution in [0.5, 0.6) is 0 Å². The number of anilines is 1. The average molecular weight is 393 g/mol. The third-order valence-electron chi connectivity index (χ3n) is 4.35. The zero-order valence-corrected chi connectivity index (χ0v) is 16.5. The second-order valence-electron chi connectivity index (χ2n) is 6.03. The summed E-state index contributed by atoms with van der Waals surface area (Å²) in [4.78, 5) is 24.9. The van der Waals surface area contributed by atoms with Gasteiger partial charge in [0.15, 0.2) is 5.78 Å². The maximum absolute atomic E-state index is 12.6. The van der Waals surface area contributed by atoms with E-state index in [1.165, 1.54) is 0 Å². The number of hydrogen-bond donors (Lipinski definition) is 2. The van der Waals surface area contributed by atoms with Crippen LogP contribution >= 0.6 is 11.6 Å². The number of fused-ring (bicyclic) bond motifs is 1. The van der Waals surface area contributed by atoms with Gasteiger partial charge in [0, 0.05) is 16.8 Å². The quantitative estimate of drug-likeness (QED) is 0.582. The van der Waals surface area contributed by atoms with Gasteiger partial charge < -0.3 is 10.6 Å². The standard InChI is InChI=1S/C21H15ClN2O2.C2H6/c22-17-12-14(10-11-15(17)19(25)13-6-2-1-3-7-13)20-23-18-9-5-4-8-16(18)21(26)24-20;1-2/h1-12,20,23H,(H,24,26);1-2H3. The molecule has 4 rings (SSSR count). The van der Waals surface area contributed by atoms with Crippen LogP contribution in [0.1, 0.15) is 51.9 Å². The summed E-state index contributed by atoms with van der Waals surface area (Å²) in [5.41, 5.74) is 3.17. The normalized spacial score (nSPS) is 14.7. The Morgan fingerprint density at radius 2 is 1.57 bits per heavy atom. The maximum atomic E-state index is 12.6. The van der Waals surface area contributed by atoms with Crippen LogP contribution < -0.4 is 10.6 Å². The maximum Gasteiger partial charge on any atom is 0.255 e. The molecule has 0 saturated carbocycles. The summed E-state index contributed by atoms with van der Waals surface area (Å²) < 4.78 is 0. The molecule has 0 fully saturated rings. The molecule has 0 radical (unpaired) electrons. The number of nitrogens with one attached hydrogen (secondary N) is 2. The van der Waals surface area contributed by atoms with E-state index in [-0.39, 0.29) is 11.7 Å². The van der Waals surface area contributed by atoms with E-state index in [2.05, 4.69) is 10.6 Å². The summed E-state index contributed by atoms with van der Waals surface area (Å²) in [6.07, 6.45) is -0.407. The Morgan fingerprint density at radius 1 is 0.893 bits per heavy atom. The van der Waals surface area contributed by atoms with Crippen molar-refractivity contribution >= 4 is 29.0 Å². The summed E-state index contributed by atoms with van der Waals surface area (Å²) in [5, 5.41) is 6.53.